The van der Waals surface area contributed by atoms with E-state index in [1.54, 1.807) is 24.3 Å². The fraction of sp³-hybridized carbons (Fsp3) is 0. The molecule has 0 saturated heterocycles. The topological polar surface area (TPSA) is 13.1 Å². The lowest BCUT2D eigenvalue weighted by Gasteiger charge is -2.18. The van der Waals surface area contributed by atoms with Crippen LogP contribution in [0.5, 0.6) is 0 Å². The fourth-order valence-electron chi connectivity index (χ4n) is 6.51. The molecule has 1 aromatic heterocycles. The molecule has 1 nitrogen and oxygen atoms in total. The van der Waals surface area contributed by atoms with Crippen LogP contribution < -0.4 is 0 Å². The Kier molecular flexibility index (Phi) is 4.01. The number of benzene rings is 8. The standard InChI is InChI=1S/C44H28O/c1-3-12-29(13-4-1)31-22-24-32(25-23-31)42-34-16-7-9-18-36(34)43(37-19-10-8-17-35(37)42)38-20-11-21-41-44(38)39-28-33(26-27-40(39)45-41)30-14-5-2-6-15-30/h1-28H/i1D,2D,3D,4D,5D,6D,12D,13D,14D,15D. The van der Waals surface area contributed by atoms with Crippen LogP contribution in [0, 0.1) is 0 Å². The Morgan fingerprint density at radius 3 is 1.53 bits per heavy atom. The molecule has 1 heteroatoms. The second-order valence-electron chi connectivity index (χ2n) is 10.9. The molecule has 210 valence electrons. The minimum absolute atomic E-state index is 0.123. The van der Waals surface area contributed by atoms with Gasteiger partial charge in [0.2, 0.25) is 0 Å². The summed E-state index contributed by atoms with van der Waals surface area (Å²) in [6.07, 6.45) is 0. The lowest BCUT2D eigenvalue weighted by Crippen LogP contribution is -1.91. The van der Waals surface area contributed by atoms with Gasteiger partial charge < -0.3 is 4.42 Å². The van der Waals surface area contributed by atoms with E-state index in [4.69, 9.17) is 18.1 Å². The monoisotopic (exact) mass is 582 g/mol. The molecule has 0 aliphatic rings. The van der Waals surface area contributed by atoms with Gasteiger partial charge >= 0.3 is 0 Å². The van der Waals surface area contributed by atoms with Gasteiger partial charge in [-0.3, -0.25) is 0 Å². The smallest absolute Gasteiger partial charge is 0.136 e. The molecule has 9 aromatic rings. The second kappa shape index (κ2) is 10.4. The minimum Gasteiger partial charge on any atom is -0.456 e. The molecule has 1 heterocycles. The quantitative estimate of drug-likeness (QED) is 0.188. The van der Waals surface area contributed by atoms with E-state index >= 15 is 0 Å². The predicted octanol–water partition coefficient (Wildman–Crippen LogP) is 12.6. The molecule has 0 aliphatic carbocycles. The van der Waals surface area contributed by atoms with E-state index in [1.165, 1.54) is 0 Å². The normalized spacial score (nSPS) is 14.7. The van der Waals surface area contributed by atoms with E-state index in [-0.39, 0.29) is 47.4 Å². The molecule has 0 bridgehead atoms. The summed E-state index contributed by atoms with van der Waals surface area (Å²) in [5, 5.41) is 5.50. The van der Waals surface area contributed by atoms with E-state index in [2.05, 4.69) is 30.3 Å². The predicted molar refractivity (Wildman–Crippen MR) is 190 cm³/mol. The number of rotatable bonds is 4. The van der Waals surface area contributed by atoms with Crippen molar-refractivity contribution in [2.75, 3.05) is 0 Å². The van der Waals surface area contributed by atoms with Crippen molar-refractivity contribution in [2.45, 2.75) is 0 Å². The van der Waals surface area contributed by atoms with Gasteiger partial charge in [-0.2, -0.15) is 0 Å². The highest BCUT2D eigenvalue weighted by atomic mass is 16.3. The van der Waals surface area contributed by atoms with Crippen molar-refractivity contribution in [3.8, 4) is 44.5 Å². The Morgan fingerprint density at radius 2 is 0.911 bits per heavy atom. The average Bonchev–Trinajstić information content (AvgIpc) is 3.59. The first-order valence-electron chi connectivity index (χ1n) is 19.6. The van der Waals surface area contributed by atoms with Gasteiger partial charge in [0, 0.05) is 10.8 Å². The molecule has 0 radical (unpaired) electrons. The molecule has 0 fully saturated rings. The second-order valence-corrected chi connectivity index (χ2v) is 10.9. The van der Waals surface area contributed by atoms with Crippen LogP contribution >= 0.6 is 0 Å². The SMILES string of the molecule is [2H]c1c([2H])c([2H])c(-c2ccc(-c3c4ccccc4c(-c4cccc5oc6ccc(-c7c([2H])c([2H])c([2H])c([2H])c7[2H])cc6c45)c4ccccc34)cc2)c([2H])c1[2H]. The molecule has 0 aliphatic heterocycles. The molecule has 0 spiro atoms. The van der Waals surface area contributed by atoms with Crippen molar-refractivity contribution in [3.05, 3.63) is 170 Å². The lowest BCUT2D eigenvalue weighted by molar-refractivity contribution is 0.669. The summed E-state index contributed by atoms with van der Waals surface area (Å²) in [4.78, 5) is 0. The first-order chi connectivity index (χ1) is 26.5. The van der Waals surface area contributed by atoms with Gasteiger partial charge in [-0.25, -0.2) is 0 Å². The van der Waals surface area contributed by atoms with E-state index in [9.17, 15) is 0 Å². The third kappa shape index (κ3) is 4.17. The van der Waals surface area contributed by atoms with Crippen molar-refractivity contribution in [2.24, 2.45) is 0 Å². The van der Waals surface area contributed by atoms with Crippen LogP contribution in [0.2, 0.25) is 0 Å². The molecule has 0 N–H and O–H groups in total. The van der Waals surface area contributed by atoms with E-state index < -0.39 is 24.2 Å². The number of fused-ring (bicyclic) bond motifs is 5. The Hall–Kier alpha value is -5.92. The molecular formula is C44H28O. The largest absolute Gasteiger partial charge is 0.456 e. The summed E-state index contributed by atoms with van der Waals surface area (Å²) in [6, 6.07) is 31.5. The average molecular weight is 583 g/mol. The maximum absolute atomic E-state index is 8.62. The van der Waals surface area contributed by atoms with Crippen molar-refractivity contribution in [1.29, 1.82) is 0 Å². The number of hydrogen-bond donors (Lipinski definition) is 0. The zero-order valence-corrected chi connectivity index (χ0v) is 23.8. The molecule has 8 aromatic carbocycles. The van der Waals surface area contributed by atoms with Crippen LogP contribution in [0.4, 0.5) is 0 Å². The summed E-state index contributed by atoms with van der Waals surface area (Å²) < 4.78 is 89.5. The van der Waals surface area contributed by atoms with Crippen molar-refractivity contribution < 1.29 is 18.1 Å². The van der Waals surface area contributed by atoms with Gasteiger partial charge in [0.1, 0.15) is 11.2 Å². The first-order valence-corrected chi connectivity index (χ1v) is 14.6. The summed E-state index contributed by atoms with van der Waals surface area (Å²) >= 11 is 0. The minimum atomic E-state index is -0.442. The van der Waals surface area contributed by atoms with E-state index in [0.29, 0.717) is 22.3 Å². The van der Waals surface area contributed by atoms with Crippen LogP contribution in [0.1, 0.15) is 13.7 Å². The zero-order valence-electron chi connectivity index (χ0n) is 33.8. The highest BCUT2D eigenvalue weighted by Crippen LogP contribution is 2.47. The zero-order chi connectivity index (χ0) is 38.4. The summed E-state index contributed by atoms with van der Waals surface area (Å²) in [5.41, 5.74) is 6.29. The molecule has 0 saturated carbocycles. The molecule has 45 heavy (non-hydrogen) atoms. The summed E-state index contributed by atoms with van der Waals surface area (Å²) in [7, 11) is 0. The fourth-order valence-corrected chi connectivity index (χ4v) is 6.51. The molecule has 0 atom stereocenters. The summed E-state index contributed by atoms with van der Waals surface area (Å²) in [5.74, 6) is 0. The molecular weight excluding hydrogens is 544 g/mol. The highest BCUT2D eigenvalue weighted by molar-refractivity contribution is 6.25. The molecule has 0 unspecified atom stereocenters. The van der Waals surface area contributed by atoms with Crippen LogP contribution in [0.3, 0.4) is 0 Å². The number of furan rings is 1. The van der Waals surface area contributed by atoms with Crippen LogP contribution in [-0.4, -0.2) is 0 Å². The van der Waals surface area contributed by atoms with Gasteiger partial charge in [0.25, 0.3) is 0 Å². The van der Waals surface area contributed by atoms with Gasteiger partial charge in [-0.15, -0.1) is 0 Å². The van der Waals surface area contributed by atoms with Crippen LogP contribution in [0.25, 0.3) is 88.0 Å². The summed E-state index contributed by atoms with van der Waals surface area (Å²) in [6.45, 7) is 0. The Bertz CT molecular complexity index is 2980. The number of hydrogen-bond acceptors (Lipinski definition) is 1. The van der Waals surface area contributed by atoms with Gasteiger partial charge in [-0.1, -0.05) is 151 Å². The van der Waals surface area contributed by atoms with Gasteiger partial charge in [0.05, 0.1) is 13.7 Å². The lowest BCUT2D eigenvalue weighted by atomic mass is 9.84. The van der Waals surface area contributed by atoms with E-state index in [1.807, 2.05) is 54.6 Å². The van der Waals surface area contributed by atoms with Crippen molar-refractivity contribution >= 4 is 43.5 Å². The highest BCUT2D eigenvalue weighted by Gasteiger charge is 2.20. The molecule has 0 amide bonds. The maximum Gasteiger partial charge on any atom is 0.136 e. The van der Waals surface area contributed by atoms with Gasteiger partial charge in [-0.05, 0) is 84.3 Å². The Balaban J connectivity index is 1.29. The third-order valence-corrected chi connectivity index (χ3v) is 8.45. The first kappa shape index (κ1) is 17.4. The van der Waals surface area contributed by atoms with Gasteiger partial charge in [0.15, 0.2) is 0 Å². The van der Waals surface area contributed by atoms with E-state index in [0.717, 1.165) is 54.6 Å². The van der Waals surface area contributed by atoms with Crippen LogP contribution in [0.15, 0.2) is 174 Å². The van der Waals surface area contributed by atoms with Crippen molar-refractivity contribution in [1.82, 2.24) is 0 Å². The van der Waals surface area contributed by atoms with Crippen LogP contribution in [-0.2, 0) is 0 Å². The Labute approximate surface area is 275 Å². The maximum atomic E-state index is 8.62. The van der Waals surface area contributed by atoms with Crippen molar-refractivity contribution in [3.63, 3.8) is 0 Å². The Morgan fingerprint density at radius 1 is 0.378 bits per heavy atom. The third-order valence-electron chi connectivity index (χ3n) is 8.45. The molecule has 9 rings (SSSR count).